The first-order valence-corrected chi connectivity index (χ1v) is 12.6. The fourth-order valence-corrected chi connectivity index (χ4v) is 6.74. The van der Waals surface area contributed by atoms with Gasteiger partial charge < -0.3 is 9.80 Å². The lowest BCUT2D eigenvalue weighted by molar-refractivity contribution is -0.119. The highest BCUT2D eigenvalue weighted by Crippen LogP contribution is 2.42. The van der Waals surface area contributed by atoms with E-state index in [1.807, 2.05) is 36.4 Å². The Labute approximate surface area is 185 Å². The molecule has 0 aromatic heterocycles. The second-order valence-electron chi connectivity index (χ2n) is 8.15. The highest BCUT2D eigenvalue weighted by molar-refractivity contribution is 9.10. The van der Waals surface area contributed by atoms with Crippen LogP contribution in [0.15, 0.2) is 51.8 Å². The number of fused-ring (bicyclic) bond motifs is 1. The van der Waals surface area contributed by atoms with Crippen LogP contribution in [0, 0.1) is 5.92 Å². The Hall–Kier alpha value is -1.90. The van der Waals surface area contributed by atoms with E-state index in [1.165, 1.54) is 0 Å². The zero-order valence-corrected chi connectivity index (χ0v) is 19.0. The molecule has 0 spiro atoms. The van der Waals surface area contributed by atoms with E-state index in [4.69, 9.17) is 0 Å². The maximum Gasteiger partial charge on any atom is 0.245 e. The molecule has 1 aliphatic carbocycles. The monoisotopic (exact) mass is 489 g/mol. The number of carbonyl (C=O) groups excluding carboxylic acids is 1. The largest absolute Gasteiger partial charge is 0.369 e. The molecule has 1 amide bonds. The van der Waals surface area contributed by atoms with Crippen LogP contribution in [0.25, 0.3) is 0 Å². The Morgan fingerprint density at radius 1 is 0.967 bits per heavy atom. The number of para-hydroxylation sites is 1. The van der Waals surface area contributed by atoms with Gasteiger partial charge in [-0.05, 0) is 49.1 Å². The average molecular weight is 490 g/mol. The minimum absolute atomic E-state index is 0.0598. The summed E-state index contributed by atoms with van der Waals surface area (Å²) in [7, 11) is -3.70. The fraction of sp³-hybridized carbons (Fsp3) is 0.409. The minimum atomic E-state index is -3.70. The Balaban J connectivity index is 1.43. The quantitative estimate of drug-likeness (QED) is 0.661. The molecular weight excluding hydrogens is 466 g/mol. The van der Waals surface area contributed by atoms with Gasteiger partial charge in [0.1, 0.15) is 4.90 Å². The van der Waals surface area contributed by atoms with E-state index >= 15 is 0 Å². The minimum Gasteiger partial charge on any atom is -0.369 e. The van der Waals surface area contributed by atoms with Crippen molar-refractivity contribution >= 4 is 43.2 Å². The third-order valence-electron chi connectivity index (χ3n) is 6.16. The number of anilines is 2. The predicted octanol–water partition coefficient (Wildman–Crippen LogP) is 3.26. The molecule has 30 heavy (non-hydrogen) atoms. The first-order valence-electron chi connectivity index (χ1n) is 10.4. The highest BCUT2D eigenvalue weighted by Gasteiger charge is 2.40. The zero-order valence-electron chi connectivity index (χ0n) is 16.6. The number of carbonyl (C=O) groups is 1. The molecule has 2 fully saturated rings. The van der Waals surface area contributed by atoms with Crippen molar-refractivity contribution < 1.29 is 13.2 Å². The molecule has 0 unspecified atom stereocenters. The van der Waals surface area contributed by atoms with Gasteiger partial charge in [0, 0.05) is 48.8 Å². The van der Waals surface area contributed by atoms with Crippen LogP contribution in [0.2, 0.25) is 0 Å². The van der Waals surface area contributed by atoms with Gasteiger partial charge >= 0.3 is 0 Å². The van der Waals surface area contributed by atoms with Gasteiger partial charge in [0.2, 0.25) is 15.9 Å². The summed E-state index contributed by atoms with van der Waals surface area (Å²) in [5, 5.41) is 0. The van der Waals surface area contributed by atoms with Crippen LogP contribution >= 0.6 is 15.9 Å². The lowest BCUT2D eigenvalue weighted by Gasteiger charge is -2.36. The van der Waals surface area contributed by atoms with Crippen LogP contribution in [-0.2, 0) is 21.2 Å². The van der Waals surface area contributed by atoms with Gasteiger partial charge in [-0.3, -0.25) is 4.79 Å². The van der Waals surface area contributed by atoms with Crippen LogP contribution in [0.1, 0.15) is 18.4 Å². The van der Waals surface area contributed by atoms with Crippen molar-refractivity contribution in [2.75, 3.05) is 42.5 Å². The standard InChI is InChI=1S/C22H24BrN3O3S/c23-18-14-17-8-9-26(22(27)16-6-7-16)21(17)20(15-18)30(28,29)25-12-10-24(11-13-25)19-4-2-1-3-5-19/h1-5,14-16H,6-13H2. The van der Waals surface area contributed by atoms with Crippen LogP contribution in [0.4, 0.5) is 11.4 Å². The topological polar surface area (TPSA) is 60.9 Å². The predicted molar refractivity (Wildman–Crippen MR) is 120 cm³/mol. The Morgan fingerprint density at radius 2 is 1.67 bits per heavy atom. The lowest BCUT2D eigenvalue weighted by atomic mass is 10.2. The molecule has 158 valence electrons. The molecule has 1 saturated heterocycles. The third kappa shape index (κ3) is 3.55. The number of amides is 1. The number of sulfonamides is 1. The first kappa shape index (κ1) is 20.0. The maximum absolute atomic E-state index is 13.6. The Morgan fingerprint density at radius 3 is 2.33 bits per heavy atom. The Kier molecular flexibility index (Phi) is 5.11. The summed E-state index contributed by atoms with van der Waals surface area (Å²) in [4.78, 5) is 17.0. The summed E-state index contributed by atoms with van der Waals surface area (Å²) in [6.45, 7) is 2.70. The lowest BCUT2D eigenvalue weighted by Crippen LogP contribution is -2.49. The SMILES string of the molecule is O=C(C1CC1)N1CCc2cc(Br)cc(S(=O)(=O)N3CCN(c4ccccc4)CC3)c21. The summed E-state index contributed by atoms with van der Waals surface area (Å²) in [5.74, 6) is 0.131. The molecule has 8 heteroatoms. The molecule has 2 aromatic carbocycles. The summed E-state index contributed by atoms with van der Waals surface area (Å²) in [6.07, 6.45) is 2.51. The molecule has 2 heterocycles. The van der Waals surface area contributed by atoms with Crippen LogP contribution < -0.4 is 9.80 Å². The van der Waals surface area contributed by atoms with Crippen molar-refractivity contribution in [3.8, 4) is 0 Å². The normalized spacial score (nSPS) is 19.8. The van der Waals surface area contributed by atoms with Gasteiger partial charge in [-0.15, -0.1) is 0 Å². The van der Waals surface area contributed by atoms with Gasteiger partial charge in [-0.2, -0.15) is 4.31 Å². The van der Waals surface area contributed by atoms with E-state index in [9.17, 15) is 13.2 Å². The van der Waals surface area contributed by atoms with E-state index in [0.29, 0.717) is 44.8 Å². The number of nitrogens with zero attached hydrogens (tertiary/aromatic N) is 3. The average Bonchev–Trinajstić information content (AvgIpc) is 3.53. The summed E-state index contributed by atoms with van der Waals surface area (Å²) < 4.78 is 29.6. The van der Waals surface area contributed by atoms with Crippen molar-refractivity contribution in [2.45, 2.75) is 24.2 Å². The first-order chi connectivity index (χ1) is 14.4. The van der Waals surface area contributed by atoms with Crippen molar-refractivity contribution in [3.63, 3.8) is 0 Å². The number of hydrogen-bond acceptors (Lipinski definition) is 4. The van der Waals surface area contributed by atoms with Gasteiger partial charge in [-0.25, -0.2) is 8.42 Å². The molecule has 0 bridgehead atoms. The maximum atomic E-state index is 13.6. The van der Waals surface area contributed by atoms with Crippen LogP contribution in [0.5, 0.6) is 0 Å². The molecule has 2 aliphatic heterocycles. The van der Waals surface area contributed by atoms with E-state index < -0.39 is 10.0 Å². The molecule has 3 aliphatic rings. The van der Waals surface area contributed by atoms with E-state index in [2.05, 4.69) is 20.8 Å². The summed E-state index contributed by atoms with van der Waals surface area (Å²) in [5.41, 5.74) is 2.64. The third-order valence-corrected chi connectivity index (χ3v) is 8.53. The number of hydrogen-bond donors (Lipinski definition) is 0. The number of piperazine rings is 1. The van der Waals surface area contributed by atoms with Crippen LogP contribution in [-0.4, -0.2) is 51.4 Å². The van der Waals surface area contributed by atoms with Gasteiger partial charge in [0.25, 0.3) is 0 Å². The van der Waals surface area contributed by atoms with Crippen LogP contribution in [0.3, 0.4) is 0 Å². The van der Waals surface area contributed by atoms with E-state index in [0.717, 1.165) is 28.6 Å². The second kappa shape index (κ2) is 7.66. The molecule has 0 N–H and O–H groups in total. The molecule has 2 aromatic rings. The molecule has 0 atom stereocenters. The fourth-order valence-electron chi connectivity index (χ4n) is 4.40. The number of benzene rings is 2. The van der Waals surface area contributed by atoms with E-state index in [1.54, 1.807) is 15.3 Å². The highest BCUT2D eigenvalue weighted by atomic mass is 79.9. The summed E-state index contributed by atoms with van der Waals surface area (Å²) >= 11 is 3.48. The molecular formula is C22H24BrN3O3S. The smallest absolute Gasteiger partial charge is 0.245 e. The second-order valence-corrected chi connectivity index (χ2v) is 11.0. The van der Waals surface area contributed by atoms with Gasteiger partial charge in [0.05, 0.1) is 5.69 Å². The summed E-state index contributed by atoms with van der Waals surface area (Å²) in [6, 6.07) is 13.7. The molecule has 0 radical (unpaired) electrons. The van der Waals surface area contributed by atoms with Gasteiger partial charge in [0.15, 0.2) is 0 Å². The Bertz CT molecular complexity index is 1080. The van der Waals surface area contributed by atoms with Crippen molar-refractivity contribution in [1.82, 2.24) is 4.31 Å². The van der Waals surface area contributed by atoms with Gasteiger partial charge in [-0.1, -0.05) is 34.1 Å². The number of rotatable bonds is 4. The zero-order chi connectivity index (χ0) is 20.9. The van der Waals surface area contributed by atoms with Crippen molar-refractivity contribution in [3.05, 3.63) is 52.5 Å². The molecule has 1 saturated carbocycles. The number of halogens is 1. The van der Waals surface area contributed by atoms with E-state index in [-0.39, 0.29) is 16.7 Å². The van der Waals surface area contributed by atoms with Crippen molar-refractivity contribution in [2.24, 2.45) is 5.92 Å². The molecule has 5 rings (SSSR count). The molecule has 6 nitrogen and oxygen atoms in total. The van der Waals surface area contributed by atoms with Crippen molar-refractivity contribution in [1.29, 1.82) is 0 Å².